The van der Waals surface area contributed by atoms with Crippen LogP contribution in [0.3, 0.4) is 0 Å². The molecule has 3 aliphatic rings. The van der Waals surface area contributed by atoms with E-state index >= 15 is 0 Å². The van der Waals surface area contributed by atoms with Crippen molar-refractivity contribution in [3.8, 4) is 11.5 Å². The van der Waals surface area contributed by atoms with Crippen LogP contribution < -0.4 is 30.6 Å². The van der Waals surface area contributed by atoms with Crippen LogP contribution >= 0.6 is 0 Å². The van der Waals surface area contributed by atoms with Crippen LogP contribution in [-0.2, 0) is 16.1 Å². The van der Waals surface area contributed by atoms with Crippen LogP contribution in [0.25, 0.3) is 10.9 Å². The summed E-state index contributed by atoms with van der Waals surface area (Å²) in [5.41, 5.74) is 0.766. The Morgan fingerprint density at radius 2 is 2.00 bits per heavy atom. The number of nitrogens with one attached hydrogen (secondary N) is 2. The van der Waals surface area contributed by atoms with Gasteiger partial charge in [0.05, 0.1) is 18.7 Å². The topological polar surface area (TPSA) is 124 Å². The summed E-state index contributed by atoms with van der Waals surface area (Å²) in [4.78, 5) is 43.0. The van der Waals surface area contributed by atoms with Gasteiger partial charge < -0.3 is 29.4 Å². The molecule has 2 fully saturated rings. The van der Waals surface area contributed by atoms with Gasteiger partial charge in [0.25, 0.3) is 11.5 Å². The first-order valence-corrected chi connectivity index (χ1v) is 12.3. The zero-order valence-corrected chi connectivity index (χ0v) is 20.3. The van der Waals surface area contributed by atoms with Crippen molar-refractivity contribution >= 4 is 34.5 Å². The molecule has 4 heterocycles. The molecule has 3 aromatic rings. The molecule has 1 saturated carbocycles. The minimum absolute atomic E-state index is 0.0534. The lowest BCUT2D eigenvalue weighted by Crippen LogP contribution is -2.46. The minimum atomic E-state index is -0.442. The summed E-state index contributed by atoms with van der Waals surface area (Å²) in [6.45, 7) is 1.05. The van der Waals surface area contributed by atoms with Gasteiger partial charge in [0, 0.05) is 37.7 Å². The van der Waals surface area contributed by atoms with Gasteiger partial charge >= 0.3 is 6.09 Å². The van der Waals surface area contributed by atoms with E-state index in [0.29, 0.717) is 42.6 Å². The van der Waals surface area contributed by atoms with E-state index in [4.69, 9.17) is 14.2 Å². The number of fused-ring (bicyclic) bond motifs is 3. The van der Waals surface area contributed by atoms with Crippen LogP contribution in [0.5, 0.6) is 11.5 Å². The summed E-state index contributed by atoms with van der Waals surface area (Å²) in [6, 6.07) is 12.5. The summed E-state index contributed by atoms with van der Waals surface area (Å²) in [7, 11) is 1.61. The Hall–Kier alpha value is -4.12. The molecule has 2 aliphatic heterocycles. The summed E-state index contributed by atoms with van der Waals surface area (Å²) in [6.07, 6.45) is 1.53. The number of benzene rings is 1. The molecule has 2 aromatic heterocycles. The first kappa shape index (κ1) is 23.3. The summed E-state index contributed by atoms with van der Waals surface area (Å²) in [5, 5.41) is 7.19. The minimum Gasteiger partial charge on any atom is -0.497 e. The van der Waals surface area contributed by atoms with Crippen molar-refractivity contribution in [1.29, 1.82) is 0 Å². The lowest BCUT2D eigenvalue weighted by molar-refractivity contribution is -0.118. The second-order valence-corrected chi connectivity index (χ2v) is 9.42. The van der Waals surface area contributed by atoms with Crippen LogP contribution in [0, 0.1) is 0 Å². The van der Waals surface area contributed by atoms with Crippen molar-refractivity contribution in [2.75, 3.05) is 30.5 Å². The van der Waals surface area contributed by atoms with E-state index < -0.39 is 6.09 Å². The van der Waals surface area contributed by atoms with Gasteiger partial charge in [-0.25, -0.2) is 9.78 Å². The molecule has 192 valence electrons. The van der Waals surface area contributed by atoms with Gasteiger partial charge in [-0.2, -0.15) is 0 Å². The van der Waals surface area contributed by atoms with Crippen molar-refractivity contribution < 1.29 is 23.8 Å². The average molecular weight is 506 g/mol. The normalized spacial score (nSPS) is 22.6. The van der Waals surface area contributed by atoms with Gasteiger partial charge in [0.1, 0.15) is 17.7 Å². The first-order chi connectivity index (χ1) is 18.0. The lowest BCUT2D eigenvalue weighted by atomic mass is 9.88. The van der Waals surface area contributed by atoms with Crippen LogP contribution in [0.4, 0.5) is 16.4 Å². The van der Waals surface area contributed by atoms with Gasteiger partial charge in [-0.1, -0.05) is 0 Å². The zero-order chi connectivity index (χ0) is 25.5. The maximum atomic E-state index is 12.8. The summed E-state index contributed by atoms with van der Waals surface area (Å²) < 4.78 is 18.2. The van der Waals surface area contributed by atoms with Crippen LogP contribution in [0.1, 0.15) is 19.3 Å². The number of rotatable bonds is 6. The number of anilines is 2. The maximum Gasteiger partial charge on any atom is 0.416 e. The molecule has 6 rings (SSSR count). The van der Waals surface area contributed by atoms with Gasteiger partial charge in [-0.15, -0.1) is 0 Å². The Balaban J connectivity index is 1.11. The number of aromatic nitrogens is 2. The molecule has 11 heteroatoms. The quantitative estimate of drug-likeness (QED) is 0.523. The van der Waals surface area contributed by atoms with E-state index in [2.05, 4.69) is 15.6 Å². The van der Waals surface area contributed by atoms with Gasteiger partial charge in [-0.05, 0) is 48.6 Å². The van der Waals surface area contributed by atoms with E-state index in [-0.39, 0.29) is 36.3 Å². The maximum absolute atomic E-state index is 12.8. The van der Waals surface area contributed by atoms with Gasteiger partial charge in [-0.3, -0.25) is 14.5 Å². The third-order valence-electron chi connectivity index (χ3n) is 7.21. The fraction of sp³-hybridized carbons (Fsp3) is 0.385. The molecule has 0 bridgehead atoms. The average Bonchev–Trinajstić information content (AvgIpc) is 3.24. The molecular weight excluding hydrogens is 478 g/mol. The fourth-order valence-electron chi connectivity index (χ4n) is 5.40. The highest BCUT2D eigenvalue weighted by molar-refractivity contribution is 5.95. The molecule has 37 heavy (non-hydrogen) atoms. The molecule has 0 unspecified atom stereocenters. The number of ether oxygens (including phenoxy) is 3. The van der Waals surface area contributed by atoms with E-state index in [1.807, 2.05) is 24.3 Å². The SMILES string of the molecule is COc1ccc2ccc(=O)n(CCN[C@H]3CC[C@H]4[C@H](C3)OC(=O)N4c3ccc4c(n3)NC(=O)CO4)c2c1. The highest BCUT2D eigenvalue weighted by Crippen LogP contribution is 2.37. The number of amides is 2. The van der Waals surface area contributed by atoms with Gasteiger partial charge in [0.2, 0.25) is 0 Å². The number of hydrogen-bond donors (Lipinski definition) is 2. The zero-order valence-electron chi connectivity index (χ0n) is 20.3. The highest BCUT2D eigenvalue weighted by atomic mass is 16.6. The van der Waals surface area contributed by atoms with Crippen molar-refractivity contribution in [3.63, 3.8) is 0 Å². The first-order valence-electron chi connectivity index (χ1n) is 12.3. The molecule has 1 saturated heterocycles. The number of carbonyl (C=O) groups is 2. The van der Waals surface area contributed by atoms with Crippen molar-refractivity contribution in [2.24, 2.45) is 0 Å². The smallest absolute Gasteiger partial charge is 0.416 e. The molecule has 2 amide bonds. The highest BCUT2D eigenvalue weighted by Gasteiger charge is 2.46. The van der Waals surface area contributed by atoms with Gasteiger partial charge in [0.15, 0.2) is 18.2 Å². The predicted octanol–water partition coefficient (Wildman–Crippen LogP) is 2.27. The summed E-state index contributed by atoms with van der Waals surface area (Å²) in [5.74, 6) is 1.63. The second kappa shape index (κ2) is 9.40. The molecular formula is C26H27N5O6. The van der Waals surface area contributed by atoms with Crippen molar-refractivity contribution in [3.05, 3.63) is 52.8 Å². The molecule has 2 N–H and O–H groups in total. The number of methoxy groups -OCH3 is 1. The predicted molar refractivity (Wildman–Crippen MR) is 135 cm³/mol. The van der Waals surface area contributed by atoms with Crippen LogP contribution in [0.15, 0.2) is 47.3 Å². The standard InChI is InChI=1S/C26H27N5O6/c1-35-17-5-2-15-3-9-24(33)30(19(15)13-17)11-10-27-16-4-6-18-21(12-16)37-26(34)31(18)22-8-7-20-25(28-22)29-23(32)14-36-20/h2-3,5,7-9,13,16,18,21,27H,4,6,10-12,14H2,1H3,(H,28,29,32)/t16-,18-,21-/m0/s1. The molecule has 3 atom stereocenters. The molecule has 11 nitrogen and oxygen atoms in total. The Morgan fingerprint density at radius 3 is 2.86 bits per heavy atom. The van der Waals surface area contributed by atoms with E-state index in [0.717, 1.165) is 23.7 Å². The van der Waals surface area contributed by atoms with Crippen LogP contribution in [-0.4, -0.2) is 60.0 Å². The molecule has 1 aromatic carbocycles. The Bertz CT molecular complexity index is 1440. The Labute approximate surface area is 212 Å². The third kappa shape index (κ3) is 4.35. The number of nitrogens with zero attached hydrogens (tertiary/aromatic N) is 3. The molecule has 0 spiro atoms. The van der Waals surface area contributed by atoms with Crippen LogP contribution in [0.2, 0.25) is 0 Å². The van der Waals surface area contributed by atoms with Crippen molar-refractivity contribution in [1.82, 2.24) is 14.9 Å². The number of pyridine rings is 2. The molecule has 0 radical (unpaired) electrons. The Morgan fingerprint density at radius 1 is 1.14 bits per heavy atom. The number of hydrogen-bond acceptors (Lipinski definition) is 8. The lowest BCUT2D eigenvalue weighted by Gasteiger charge is -2.33. The van der Waals surface area contributed by atoms with E-state index in [9.17, 15) is 14.4 Å². The number of carbonyl (C=O) groups excluding carboxylic acids is 2. The van der Waals surface area contributed by atoms with Crippen molar-refractivity contribution in [2.45, 2.75) is 44.0 Å². The van der Waals surface area contributed by atoms with E-state index in [1.165, 1.54) is 0 Å². The molecule has 1 aliphatic carbocycles. The fourth-order valence-corrected chi connectivity index (χ4v) is 5.40. The van der Waals surface area contributed by atoms with E-state index in [1.54, 1.807) is 34.8 Å². The third-order valence-corrected chi connectivity index (χ3v) is 7.21. The summed E-state index contributed by atoms with van der Waals surface area (Å²) >= 11 is 0. The monoisotopic (exact) mass is 505 g/mol. The largest absolute Gasteiger partial charge is 0.497 e. The Kier molecular flexibility index (Phi) is 5.91. The second-order valence-electron chi connectivity index (χ2n) is 9.42.